The summed E-state index contributed by atoms with van der Waals surface area (Å²) in [4.78, 5) is 40.3. The largest absolute Gasteiger partial charge is 0.489 e. The smallest absolute Gasteiger partial charge is 0.332 e. The number of amides is 1. The third kappa shape index (κ3) is 5.82. The fourth-order valence-corrected chi connectivity index (χ4v) is 6.02. The van der Waals surface area contributed by atoms with E-state index in [2.05, 4.69) is 15.5 Å². The number of halogens is 1. The Bertz CT molecular complexity index is 1780. The molecule has 0 saturated carbocycles. The first kappa shape index (κ1) is 28.0. The number of benzene rings is 2. The number of aromatic nitrogens is 5. The SMILES string of the molecule is Cc1c(-n2nccn2)sc2c1c(=O)n(C(C)CCNC=O)c(=O)n2CCc1cc(F)ccc1OCc1ccccc1. The second-order valence-electron chi connectivity index (χ2n) is 9.63. The summed E-state index contributed by atoms with van der Waals surface area (Å²) in [7, 11) is 0. The minimum absolute atomic E-state index is 0.173. The summed E-state index contributed by atoms with van der Waals surface area (Å²) in [6.07, 6.45) is 4.33. The second kappa shape index (κ2) is 12.3. The number of aryl methyl sites for hydroxylation is 3. The van der Waals surface area contributed by atoms with Crippen LogP contribution in [0.5, 0.6) is 5.75 Å². The van der Waals surface area contributed by atoms with Crippen molar-refractivity contribution >= 4 is 28.0 Å². The van der Waals surface area contributed by atoms with E-state index in [1.807, 2.05) is 30.3 Å². The van der Waals surface area contributed by atoms with Crippen LogP contribution in [-0.4, -0.2) is 37.1 Å². The van der Waals surface area contributed by atoms with Gasteiger partial charge in [0, 0.05) is 24.7 Å². The van der Waals surface area contributed by atoms with E-state index in [0.29, 0.717) is 58.1 Å². The molecule has 41 heavy (non-hydrogen) atoms. The summed E-state index contributed by atoms with van der Waals surface area (Å²) in [5.74, 6) is 0.106. The highest BCUT2D eigenvalue weighted by atomic mass is 32.1. The van der Waals surface area contributed by atoms with Crippen LogP contribution in [0.2, 0.25) is 0 Å². The Kier molecular flexibility index (Phi) is 8.39. The van der Waals surface area contributed by atoms with E-state index in [1.165, 1.54) is 45.2 Å². The Morgan fingerprint density at radius 2 is 1.88 bits per heavy atom. The lowest BCUT2D eigenvalue weighted by molar-refractivity contribution is -0.109. The van der Waals surface area contributed by atoms with E-state index in [4.69, 9.17) is 4.74 Å². The molecule has 0 spiro atoms. The fourth-order valence-electron chi connectivity index (χ4n) is 4.78. The van der Waals surface area contributed by atoms with Crippen LogP contribution >= 0.6 is 11.3 Å². The molecule has 5 rings (SSSR count). The van der Waals surface area contributed by atoms with Crippen molar-refractivity contribution in [1.29, 1.82) is 0 Å². The number of carbonyl (C=O) groups is 1. The predicted molar refractivity (Wildman–Crippen MR) is 154 cm³/mol. The van der Waals surface area contributed by atoms with Crippen molar-refractivity contribution in [3.05, 3.63) is 104 Å². The standard InChI is InChI=1S/C29H29FN6O4S/c1-19(10-12-31-18-37)35-26(38)25-20(2)27(36-32-13-14-33-36)41-28(25)34(29(35)39)15-11-22-16-23(30)8-9-24(22)40-17-21-6-4-3-5-7-21/h3-9,13-14,16,18-19H,10-12,15,17H2,1-2H3,(H,31,37). The molecule has 2 aromatic carbocycles. The Morgan fingerprint density at radius 1 is 1.12 bits per heavy atom. The van der Waals surface area contributed by atoms with Gasteiger partial charge in [0.2, 0.25) is 6.41 Å². The summed E-state index contributed by atoms with van der Waals surface area (Å²) >= 11 is 1.25. The number of thiophene rings is 1. The van der Waals surface area contributed by atoms with Crippen LogP contribution in [0.25, 0.3) is 15.2 Å². The van der Waals surface area contributed by atoms with E-state index < -0.39 is 23.1 Å². The van der Waals surface area contributed by atoms with Gasteiger partial charge in [-0.3, -0.25) is 18.7 Å². The van der Waals surface area contributed by atoms with E-state index in [9.17, 15) is 18.8 Å². The van der Waals surface area contributed by atoms with Gasteiger partial charge in [0.15, 0.2) is 0 Å². The molecule has 0 radical (unpaired) electrons. The molecule has 212 valence electrons. The molecule has 5 aromatic rings. The molecule has 3 heterocycles. The summed E-state index contributed by atoms with van der Waals surface area (Å²) < 4.78 is 23.1. The van der Waals surface area contributed by atoms with Crippen molar-refractivity contribution in [2.75, 3.05) is 6.54 Å². The monoisotopic (exact) mass is 576 g/mol. The van der Waals surface area contributed by atoms with Crippen molar-refractivity contribution in [2.45, 2.75) is 45.9 Å². The number of rotatable bonds is 12. The maximum atomic E-state index is 14.3. The molecule has 0 aliphatic heterocycles. The topological polar surface area (TPSA) is 113 Å². The zero-order valence-corrected chi connectivity index (χ0v) is 23.4. The molecule has 1 N–H and O–H groups in total. The average molecular weight is 577 g/mol. The lowest BCUT2D eigenvalue weighted by atomic mass is 10.1. The third-order valence-electron chi connectivity index (χ3n) is 6.91. The van der Waals surface area contributed by atoms with Gasteiger partial charge < -0.3 is 10.1 Å². The first-order chi connectivity index (χ1) is 19.9. The third-order valence-corrected chi connectivity index (χ3v) is 8.19. The lowest BCUT2D eigenvalue weighted by Crippen LogP contribution is -2.42. The summed E-state index contributed by atoms with van der Waals surface area (Å²) in [6, 6.07) is 13.5. The molecule has 3 aromatic heterocycles. The molecular formula is C29H29FN6O4S. The van der Waals surface area contributed by atoms with Crippen LogP contribution < -0.4 is 21.3 Å². The number of fused-ring (bicyclic) bond motifs is 1. The quantitative estimate of drug-likeness (QED) is 0.179. The van der Waals surface area contributed by atoms with Crippen LogP contribution in [0.3, 0.4) is 0 Å². The fraction of sp³-hybridized carbons (Fsp3) is 0.276. The Balaban J connectivity index is 1.55. The maximum Gasteiger partial charge on any atom is 0.332 e. The molecule has 1 unspecified atom stereocenters. The minimum atomic E-state index is -0.484. The molecule has 12 heteroatoms. The molecule has 0 aliphatic carbocycles. The van der Waals surface area contributed by atoms with Gasteiger partial charge in [0.1, 0.15) is 28.0 Å². The minimum Gasteiger partial charge on any atom is -0.489 e. The second-order valence-corrected chi connectivity index (χ2v) is 10.6. The van der Waals surface area contributed by atoms with Gasteiger partial charge in [0.25, 0.3) is 5.56 Å². The number of hydrogen-bond acceptors (Lipinski definition) is 7. The Morgan fingerprint density at radius 3 is 2.61 bits per heavy atom. The normalized spacial score (nSPS) is 12.0. The van der Waals surface area contributed by atoms with E-state index in [0.717, 1.165) is 5.56 Å². The highest BCUT2D eigenvalue weighted by molar-refractivity contribution is 7.21. The molecule has 1 amide bonds. The van der Waals surface area contributed by atoms with Gasteiger partial charge in [-0.05, 0) is 56.0 Å². The molecule has 0 aliphatic rings. The van der Waals surface area contributed by atoms with Gasteiger partial charge in [-0.2, -0.15) is 10.2 Å². The molecule has 0 bridgehead atoms. The molecular weight excluding hydrogens is 547 g/mol. The zero-order valence-electron chi connectivity index (χ0n) is 22.6. The van der Waals surface area contributed by atoms with Crippen LogP contribution in [0.4, 0.5) is 4.39 Å². The van der Waals surface area contributed by atoms with Gasteiger partial charge in [-0.1, -0.05) is 41.7 Å². The van der Waals surface area contributed by atoms with Crippen LogP contribution in [0.1, 0.15) is 36.1 Å². The van der Waals surface area contributed by atoms with Crippen molar-refractivity contribution < 1.29 is 13.9 Å². The molecule has 0 saturated heterocycles. The van der Waals surface area contributed by atoms with Gasteiger partial charge in [-0.15, -0.1) is 4.80 Å². The highest BCUT2D eigenvalue weighted by Crippen LogP contribution is 2.31. The number of ether oxygens (including phenoxy) is 1. The van der Waals surface area contributed by atoms with Crippen molar-refractivity contribution in [3.63, 3.8) is 0 Å². The zero-order chi connectivity index (χ0) is 28.9. The Hall–Kier alpha value is -4.58. The number of hydrogen-bond donors (Lipinski definition) is 1. The summed E-state index contributed by atoms with van der Waals surface area (Å²) in [5, 5.41) is 12.0. The number of nitrogens with zero attached hydrogens (tertiary/aromatic N) is 5. The average Bonchev–Trinajstić information content (AvgIpc) is 3.61. The predicted octanol–water partition coefficient (Wildman–Crippen LogP) is 3.77. The summed E-state index contributed by atoms with van der Waals surface area (Å²) in [6.45, 7) is 4.37. The van der Waals surface area contributed by atoms with Gasteiger partial charge in [0.05, 0.1) is 17.8 Å². The summed E-state index contributed by atoms with van der Waals surface area (Å²) in [5.41, 5.74) is 1.34. The van der Waals surface area contributed by atoms with Crippen molar-refractivity contribution in [3.8, 4) is 10.8 Å². The van der Waals surface area contributed by atoms with E-state index in [-0.39, 0.29) is 13.0 Å². The molecule has 0 fully saturated rings. The van der Waals surface area contributed by atoms with Crippen molar-refractivity contribution in [2.24, 2.45) is 0 Å². The van der Waals surface area contributed by atoms with Crippen LogP contribution in [0.15, 0.2) is 70.5 Å². The van der Waals surface area contributed by atoms with Crippen LogP contribution in [-0.2, 0) is 24.4 Å². The van der Waals surface area contributed by atoms with Gasteiger partial charge >= 0.3 is 5.69 Å². The van der Waals surface area contributed by atoms with E-state index in [1.54, 1.807) is 24.5 Å². The van der Waals surface area contributed by atoms with Crippen molar-refractivity contribution in [1.82, 2.24) is 29.4 Å². The molecule has 1 atom stereocenters. The van der Waals surface area contributed by atoms with Gasteiger partial charge in [-0.25, -0.2) is 9.18 Å². The molecule has 10 nitrogen and oxygen atoms in total. The number of carbonyl (C=O) groups excluding carboxylic acids is 1. The first-order valence-electron chi connectivity index (χ1n) is 13.2. The first-order valence-corrected chi connectivity index (χ1v) is 14.0. The van der Waals surface area contributed by atoms with Crippen LogP contribution in [0, 0.1) is 12.7 Å². The maximum absolute atomic E-state index is 14.3. The van der Waals surface area contributed by atoms with E-state index >= 15 is 0 Å². The Labute approximate surface area is 238 Å². The lowest BCUT2D eigenvalue weighted by Gasteiger charge is -2.18. The highest BCUT2D eigenvalue weighted by Gasteiger charge is 2.24. The number of nitrogens with one attached hydrogen (secondary N) is 1.